The zero-order valence-corrected chi connectivity index (χ0v) is 16.7. The molecule has 1 aliphatic heterocycles. The molecule has 0 N–H and O–H groups in total. The van der Waals surface area contributed by atoms with Crippen molar-refractivity contribution in [3.05, 3.63) is 77.8 Å². The maximum atomic E-state index is 13.5. The molecule has 1 unspecified atom stereocenters. The smallest absolute Gasteiger partial charge is 0.278 e. The second kappa shape index (κ2) is 7.39. The predicted molar refractivity (Wildman–Crippen MR) is 115 cm³/mol. The third kappa shape index (κ3) is 3.41. The third-order valence-electron chi connectivity index (χ3n) is 4.56. The summed E-state index contributed by atoms with van der Waals surface area (Å²) in [5.74, 6) is 0.938. The predicted octanol–water partition coefficient (Wildman–Crippen LogP) is 5.45. The summed E-state index contributed by atoms with van der Waals surface area (Å²) in [6.07, 6.45) is -0.785. The molecule has 0 bridgehead atoms. The average Bonchev–Trinajstić information content (AvgIpc) is 3.18. The summed E-state index contributed by atoms with van der Waals surface area (Å²) >= 11 is 7.50. The van der Waals surface area contributed by atoms with Gasteiger partial charge in [-0.25, -0.2) is 4.98 Å². The largest absolute Gasteiger partial charge is 0.485 e. The molecule has 0 saturated heterocycles. The Morgan fingerprint density at radius 2 is 1.72 bits per heavy atom. The molecule has 0 aliphatic carbocycles. The van der Waals surface area contributed by atoms with Gasteiger partial charge in [-0.2, -0.15) is 0 Å². The first-order chi connectivity index (χ1) is 14.2. The van der Waals surface area contributed by atoms with Crippen LogP contribution >= 0.6 is 22.9 Å². The highest BCUT2D eigenvalue weighted by Crippen LogP contribution is 2.36. The fourth-order valence-corrected chi connectivity index (χ4v) is 4.28. The monoisotopic (exact) mass is 422 g/mol. The minimum atomic E-state index is -0.785. The molecule has 0 saturated carbocycles. The van der Waals surface area contributed by atoms with Crippen LogP contribution in [0.15, 0.2) is 72.8 Å². The molecule has 1 aromatic heterocycles. The van der Waals surface area contributed by atoms with Gasteiger partial charge in [0.05, 0.1) is 15.9 Å². The first kappa shape index (κ1) is 18.0. The summed E-state index contributed by atoms with van der Waals surface area (Å²) < 4.78 is 12.7. The number of amides is 1. The van der Waals surface area contributed by atoms with Crippen molar-refractivity contribution in [1.82, 2.24) is 4.98 Å². The Kier molecular flexibility index (Phi) is 4.58. The third-order valence-corrected chi connectivity index (χ3v) is 5.84. The second-order valence-corrected chi connectivity index (χ2v) is 7.92. The van der Waals surface area contributed by atoms with Gasteiger partial charge in [-0.3, -0.25) is 9.69 Å². The number of nitrogens with zero attached hydrogens (tertiary/aromatic N) is 2. The van der Waals surface area contributed by atoms with Crippen molar-refractivity contribution in [1.29, 1.82) is 0 Å². The first-order valence-corrected chi connectivity index (χ1v) is 10.2. The van der Waals surface area contributed by atoms with Crippen LogP contribution < -0.4 is 14.4 Å². The quantitative estimate of drug-likeness (QED) is 0.440. The molecule has 0 spiro atoms. The summed E-state index contributed by atoms with van der Waals surface area (Å²) in [5.41, 5.74) is 1.51. The number of hydrogen-bond donors (Lipinski definition) is 0. The summed E-state index contributed by atoms with van der Waals surface area (Å²) in [6, 6.07) is 22.2. The number of rotatable bonds is 3. The maximum absolute atomic E-state index is 13.5. The molecule has 1 atom stereocenters. The first-order valence-electron chi connectivity index (χ1n) is 9.03. The fraction of sp³-hybridized carbons (Fsp3) is 0.0909. The normalized spacial score (nSPS) is 15.3. The van der Waals surface area contributed by atoms with Gasteiger partial charge in [-0.1, -0.05) is 47.2 Å². The number of hydrogen-bond acceptors (Lipinski definition) is 5. The number of fused-ring (bicyclic) bond motifs is 2. The van der Waals surface area contributed by atoms with Crippen molar-refractivity contribution < 1.29 is 14.3 Å². The number of halogens is 1. The van der Waals surface area contributed by atoms with Gasteiger partial charge in [0, 0.05) is 5.02 Å². The fourth-order valence-electron chi connectivity index (χ4n) is 3.16. The molecule has 3 aromatic carbocycles. The zero-order chi connectivity index (χ0) is 19.8. The molecular weight excluding hydrogens is 408 g/mol. The molecule has 29 heavy (non-hydrogen) atoms. The van der Waals surface area contributed by atoms with Gasteiger partial charge in [-0.05, 0) is 48.5 Å². The van der Waals surface area contributed by atoms with Crippen molar-refractivity contribution in [2.45, 2.75) is 6.10 Å². The molecule has 7 heteroatoms. The van der Waals surface area contributed by atoms with Crippen LogP contribution in [0.4, 0.5) is 10.8 Å². The van der Waals surface area contributed by atoms with E-state index in [0.29, 0.717) is 27.3 Å². The number of para-hydroxylation sites is 3. The van der Waals surface area contributed by atoms with Crippen molar-refractivity contribution in [2.24, 2.45) is 0 Å². The van der Waals surface area contributed by atoms with E-state index in [9.17, 15) is 4.79 Å². The lowest BCUT2D eigenvalue weighted by molar-refractivity contribution is -0.126. The highest BCUT2D eigenvalue weighted by atomic mass is 35.5. The lowest BCUT2D eigenvalue weighted by atomic mass is 10.2. The van der Waals surface area contributed by atoms with E-state index in [2.05, 4.69) is 4.98 Å². The lowest BCUT2D eigenvalue weighted by Gasteiger charge is -2.29. The van der Waals surface area contributed by atoms with E-state index in [0.717, 1.165) is 10.2 Å². The molecule has 144 valence electrons. The minimum absolute atomic E-state index is 0.130. The molecule has 5 nitrogen and oxygen atoms in total. The molecule has 1 aliphatic rings. The van der Waals surface area contributed by atoms with Crippen LogP contribution in [0, 0.1) is 0 Å². The molecule has 4 aromatic rings. The standard InChI is InChI=1S/C22H15ClN2O3S/c23-14-9-11-15(12-10-14)25(22-24-16-5-1-4-8-20(16)29-22)21(26)19-13-27-17-6-2-3-7-18(17)28-19/h1-12,19H,13H2. The van der Waals surface area contributed by atoms with Crippen LogP contribution in [-0.4, -0.2) is 23.6 Å². The lowest BCUT2D eigenvalue weighted by Crippen LogP contribution is -2.44. The molecule has 5 rings (SSSR count). The summed E-state index contributed by atoms with van der Waals surface area (Å²) in [5, 5.41) is 1.16. The van der Waals surface area contributed by atoms with Crippen LogP contribution in [0.3, 0.4) is 0 Å². The van der Waals surface area contributed by atoms with E-state index >= 15 is 0 Å². The van der Waals surface area contributed by atoms with Gasteiger partial charge in [-0.15, -0.1) is 0 Å². The van der Waals surface area contributed by atoms with E-state index < -0.39 is 6.10 Å². The van der Waals surface area contributed by atoms with Crippen LogP contribution in [0.1, 0.15) is 0 Å². The maximum Gasteiger partial charge on any atom is 0.278 e. The molecule has 2 heterocycles. The average molecular weight is 423 g/mol. The van der Waals surface area contributed by atoms with Crippen LogP contribution in [-0.2, 0) is 4.79 Å². The van der Waals surface area contributed by atoms with Crippen LogP contribution in [0.25, 0.3) is 10.2 Å². The van der Waals surface area contributed by atoms with Crippen molar-refractivity contribution in [3.63, 3.8) is 0 Å². The van der Waals surface area contributed by atoms with Gasteiger partial charge in [0.25, 0.3) is 5.91 Å². The summed E-state index contributed by atoms with van der Waals surface area (Å²) in [4.78, 5) is 19.8. The SMILES string of the molecule is O=C(C1COc2ccccc2O1)N(c1ccc(Cl)cc1)c1nc2ccccc2s1. The number of anilines is 2. The summed E-state index contributed by atoms with van der Waals surface area (Å²) in [7, 11) is 0. The molecule has 0 fully saturated rings. The highest BCUT2D eigenvalue weighted by molar-refractivity contribution is 7.22. The molecule has 1 amide bonds. The van der Waals surface area contributed by atoms with Crippen LogP contribution in [0.2, 0.25) is 5.02 Å². The highest BCUT2D eigenvalue weighted by Gasteiger charge is 2.34. The van der Waals surface area contributed by atoms with E-state index in [1.54, 1.807) is 35.2 Å². The number of aromatic nitrogens is 1. The Labute approximate surface area is 176 Å². The van der Waals surface area contributed by atoms with Crippen LogP contribution in [0.5, 0.6) is 11.5 Å². The van der Waals surface area contributed by atoms with Crippen molar-refractivity contribution in [3.8, 4) is 11.5 Å². The molecule has 0 radical (unpaired) electrons. The van der Waals surface area contributed by atoms with Crippen molar-refractivity contribution in [2.75, 3.05) is 11.5 Å². The van der Waals surface area contributed by atoms with E-state index in [1.165, 1.54) is 11.3 Å². The van der Waals surface area contributed by atoms with E-state index in [-0.39, 0.29) is 12.5 Å². The topological polar surface area (TPSA) is 51.7 Å². The van der Waals surface area contributed by atoms with Crippen molar-refractivity contribution >= 4 is 49.9 Å². The Morgan fingerprint density at radius 1 is 1.00 bits per heavy atom. The van der Waals surface area contributed by atoms with Gasteiger partial charge in [0.1, 0.15) is 6.61 Å². The van der Waals surface area contributed by atoms with Gasteiger partial charge in [0.15, 0.2) is 16.6 Å². The van der Waals surface area contributed by atoms with Gasteiger partial charge >= 0.3 is 0 Å². The number of carbonyl (C=O) groups excluding carboxylic acids is 1. The Bertz CT molecular complexity index is 1160. The summed E-state index contributed by atoms with van der Waals surface area (Å²) in [6.45, 7) is 0.130. The Hall–Kier alpha value is -3.09. The molecular formula is C22H15ClN2O3S. The number of ether oxygens (including phenoxy) is 2. The number of carbonyl (C=O) groups is 1. The second-order valence-electron chi connectivity index (χ2n) is 6.48. The Balaban J connectivity index is 1.55. The number of benzene rings is 3. The van der Waals surface area contributed by atoms with E-state index in [4.69, 9.17) is 21.1 Å². The Morgan fingerprint density at radius 3 is 2.52 bits per heavy atom. The van der Waals surface area contributed by atoms with Gasteiger partial charge in [0.2, 0.25) is 6.10 Å². The van der Waals surface area contributed by atoms with E-state index in [1.807, 2.05) is 42.5 Å². The number of thiazole rings is 1. The minimum Gasteiger partial charge on any atom is -0.485 e. The van der Waals surface area contributed by atoms with Gasteiger partial charge < -0.3 is 9.47 Å². The zero-order valence-electron chi connectivity index (χ0n) is 15.1.